The number of carbonyl (C=O) groups excluding carboxylic acids is 2. The van der Waals surface area contributed by atoms with Crippen molar-refractivity contribution in [3.8, 4) is 17.2 Å². The summed E-state index contributed by atoms with van der Waals surface area (Å²) in [6.45, 7) is 2.47. The van der Waals surface area contributed by atoms with Crippen LogP contribution in [-0.4, -0.2) is 54.9 Å². The van der Waals surface area contributed by atoms with Gasteiger partial charge in [-0.25, -0.2) is 5.43 Å². The molecule has 0 unspecified atom stereocenters. The number of β-lactam (4-membered cyclic amide) rings is 1. The van der Waals surface area contributed by atoms with E-state index in [2.05, 4.69) is 10.5 Å². The third-order valence-corrected chi connectivity index (χ3v) is 5.21. The third-order valence-electron chi connectivity index (χ3n) is 3.74. The Morgan fingerprint density at radius 1 is 1.43 bits per heavy atom. The number of nitrogens with one attached hydrogen (secondary N) is 1. The first-order valence-corrected chi connectivity index (χ1v) is 7.74. The van der Waals surface area contributed by atoms with E-state index in [1.165, 1.54) is 0 Å². The number of aromatic hydroxyl groups is 3. The number of hydrazone groups is 1. The topological polar surface area (TPSA) is 122 Å². The van der Waals surface area contributed by atoms with Gasteiger partial charge >= 0.3 is 0 Å². The Hall–Kier alpha value is -2.42. The summed E-state index contributed by atoms with van der Waals surface area (Å²) in [6, 6.07) is 2.05. The predicted octanol–water partition coefficient (Wildman–Crippen LogP) is 0.583. The van der Waals surface area contributed by atoms with Gasteiger partial charge in [-0.3, -0.25) is 9.59 Å². The van der Waals surface area contributed by atoms with Crippen molar-refractivity contribution in [2.75, 3.05) is 6.54 Å². The molecule has 2 amide bonds. The standard InChI is InChI=1S/C14H15N3O5S/c1-14(6-17-10(20)4-11(17)23-14)5-15-16-13(22)7-2-8(18)12(21)9(19)3-7/h2-3,5,11,18-19,21H,4,6H2,1H3,(H,16,22)/b15-5+/t11-,14+/m1/s1. The molecule has 122 valence electrons. The van der Waals surface area contributed by atoms with Crippen LogP contribution in [0.15, 0.2) is 17.2 Å². The van der Waals surface area contributed by atoms with Gasteiger partial charge in [-0.15, -0.1) is 11.8 Å². The number of hydrogen-bond acceptors (Lipinski definition) is 7. The van der Waals surface area contributed by atoms with Crippen molar-refractivity contribution in [3.63, 3.8) is 0 Å². The molecular formula is C14H15N3O5S. The molecule has 23 heavy (non-hydrogen) atoms. The average molecular weight is 337 g/mol. The van der Waals surface area contributed by atoms with Crippen molar-refractivity contribution in [1.82, 2.24) is 10.3 Å². The maximum atomic E-state index is 11.9. The number of phenols is 3. The van der Waals surface area contributed by atoms with E-state index in [-0.39, 0.29) is 21.6 Å². The fourth-order valence-corrected chi connectivity index (χ4v) is 4.00. The zero-order chi connectivity index (χ0) is 16.8. The Bertz CT molecular complexity index is 699. The lowest BCUT2D eigenvalue weighted by atomic mass is 10.1. The molecule has 0 spiro atoms. The molecule has 3 rings (SSSR count). The van der Waals surface area contributed by atoms with E-state index in [0.29, 0.717) is 13.0 Å². The van der Waals surface area contributed by atoms with Gasteiger partial charge in [0, 0.05) is 18.3 Å². The minimum absolute atomic E-state index is 0.0434. The van der Waals surface area contributed by atoms with Gasteiger partial charge in [0.25, 0.3) is 5.91 Å². The number of phenolic OH excluding ortho intramolecular Hbond substituents is 3. The summed E-state index contributed by atoms with van der Waals surface area (Å²) in [7, 11) is 0. The smallest absolute Gasteiger partial charge is 0.271 e. The van der Waals surface area contributed by atoms with Crippen LogP contribution in [0.1, 0.15) is 23.7 Å². The Balaban J connectivity index is 1.64. The molecule has 0 saturated carbocycles. The first kappa shape index (κ1) is 15.5. The largest absolute Gasteiger partial charge is 0.504 e. The second kappa shape index (κ2) is 5.34. The molecule has 2 saturated heterocycles. The molecule has 0 aromatic heterocycles. The molecular weight excluding hydrogens is 322 g/mol. The minimum Gasteiger partial charge on any atom is -0.504 e. The second-order valence-corrected chi connectivity index (χ2v) is 7.39. The molecule has 1 aromatic rings. The van der Waals surface area contributed by atoms with Crippen LogP contribution in [0.2, 0.25) is 0 Å². The van der Waals surface area contributed by atoms with E-state index in [9.17, 15) is 24.9 Å². The van der Waals surface area contributed by atoms with E-state index in [4.69, 9.17) is 0 Å². The summed E-state index contributed by atoms with van der Waals surface area (Å²) in [6.07, 6.45) is 2.10. The first-order valence-electron chi connectivity index (χ1n) is 6.86. The summed E-state index contributed by atoms with van der Waals surface area (Å²) in [5, 5.41) is 32.1. The fraction of sp³-hybridized carbons (Fsp3) is 0.357. The molecule has 2 aliphatic rings. The summed E-state index contributed by atoms with van der Waals surface area (Å²) in [4.78, 5) is 25.1. The van der Waals surface area contributed by atoms with Gasteiger partial charge in [-0.05, 0) is 19.1 Å². The number of carbonyl (C=O) groups is 2. The Morgan fingerprint density at radius 3 is 2.65 bits per heavy atom. The molecule has 2 heterocycles. The van der Waals surface area contributed by atoms with Crippen molar-refractivity contribution in [1.29, 1.82) is 0 Å². The Morgan fingerprint density at radius 2 is 2.09 bits per heavy atom. The Kier molecular flexibility index (Phi) is 3.59. The number of thioether (sulfide) groups is 1. The van der Waals surface area contributed by atoms with Gasteiger partial charge in [0.05, 0.1) is 16.5 Å². The van der Waals surface area contributed by atoms with Crippen molar-refractivity contribution in [2.45, 2.75) is 23.5 Å². The first-order chi connectivity index (χ1) is 10.8. The molecule has 0 aliphatic carbocycles. The predicted molar refractivity (Wildman–Crippen MR) is 83.5 cm³/mol. The number of amides is 2. The molecule has 2 atom stereocenters. The fourth-order valence-electron chi connectivity index (χ4n) is 2.51. The summed E-state index contributed by atoms with van der Waals surface area (Å²) < 4.78 is -0.372. The van der Waals surface area contributed by atoms with Crippen LogP contribution in [0.25, 0.3) is 0 Å². The van der Waals surface area contributed by atoms with Crippen molar-refractivity contribution in [3.05, 3.63) is 17.7 Å². The number of nitrogens with zero attached hydrogens (tertiary/aromatic N) is 2. The van der Waals surface area contributed by atoms with E-state index >= 15 is 0 Å². The van der Waals surface area contributed by atoms with Crippen molar-refractivity contribution >= 4 is 29.8 Å². The van der Waals surface area contributed by atoms with Crippen LogP contribution >= 0.6 is 11.8 Å². The van der Waals surface area contributed by atoms with E-state index < -0.39 is 23.2 Å². The van der Waals surface area contributed by atoms with E-state index in [1.54, 1.807) is 22.9 Å². The molecule has 0 radical (unpaired) electrons. The summed E-state index contributed by atoms with van der Waals surface area (Å²) in [5.74, 6) is -2.40. The molecule has 2 fully saturated rings. The minimum atomic E-state index is -0.686. The summed E-state index contributed by atoms with van der Waals surface area (Å²) in [5.41, 5.74) is 2.25. The van der Waals surface area contributed by atoms with Gasteiger partial charge in [0.1, 0.15) is 0 Å². The summed E-state index contributed by atoms with van der Waals surface area (Å²) >= 11 is 1.61. The zero-order valence-electron chi connectivity index (χ0n) is 12.2. The lowest BCUT2D eigenvalue weighted by Gasteiger charge is -2.32. The molecule has 0 bridgehead atoms. The molecule has 9 heteroatoms. The Labute approximate surface area is 135 Å². The molecule has 4 N–H and O–H groups in total. The van der Waals surface area contributed by atoms with Gasteiger partial charge < -0.3 is 20.2 Å². The highest BCUT2D eigenvalue weighted by atomic mass is 32.2. The average Bonchev–Trinajstić information content (AvgIpc) is 2.76. The number of rotatable bonds is 3. The number of fused-ring (bicyclic) bond motifs is 1. The third kappa shape index (κ3) is 2.79. The molecule has 1 aromatic carbocycles. The number of hydrogen-bond donors (Lipinski definition) is 4. The van der Waals surface area contributed by atoms with Crippen LogP contribution in [0.4, 0.5) is 0 Å². The van der Waals surface area contributed by atoms with Crippen LogP contribution in [0.3, 0.4) is 0 Å². The van der Waals surface area contributed by atoms with Gasteiger partial charge in [0.15, 0.2) is 17.2 Å². The van der Waals surface area contributed by atoms with Crippen LogP contribution in [-0.2, 0) is 4.79 Å². The lowest BCUT2D eigenvalue weighted by Crippen LogP contribution is -2.47. The van der Waals surface area contributed by atoms with Crippen molar-refractivity contribution in [2.24, 2.45) is 5.10 Å². The maximum Gasteiger partial charge on any atom is 0.271 e. The SMILES string of the molecule is C[C@]1(/C=N/NC(=O)c2cc(O)c(O)c(O)c2)CN2C(=O)C[C@H]2S1. The second-order valence-electron chi connectivity index (χ2n) is 5.67. The zero-order valence-corrected chi connectivity index (χ0v) is 13.0. The quantitative estimate of drug-likeness (QED) is 0.277. The normalized spacial score (nSPS) is 26.2. The van der Waals surface area contributed by atoms with Crippen molar-refractivity contribution < 1.29 is 24.9 Å². The lowest BCUT2D eigenvalue weighted by molar-refractivity contribution is -0.140. The molecule has 2 aliphatic heterocycles. The number of benzene rings is 1. The highest BCUT2D eigenvalue weighted by Crippen LogP contribution is 2.45. The van der Waals surface area contributed by atoms with Crippen LogP contribution in [0, 0.1) is 0 Å². The van der Waals surface area contributed by atoms with Gasteiger partial charge in [-0.1, -0.05) is 0 Å². The highest BCUT2D eigenvalue weighted by molar-refractivity contribution is 8.02. The monoisotopic (exact) mass is 337 g/mol. The van der Waals surface area contributed by atoms with E-state index in [1.807, 2.05) is 6.92 Å². The maximum absolute atomic E-state index is 11.9. The van der Waals surface area contributed by atoms with Gasteiger partial charge in [-0.2, -0.15) is 5.10 Å². The molecule has 8 nitrogen and oxygen atoms in total. The van der Waals surface area contributed by atoms with E-state index in [0.717, 1.165) is 12.1 Å². The highest BCUT2D eigenvalue weighted by Gasteiger charge is 2.49. The van der Waals surface area contributed by atoms with Crippen LogP contribution in [0.5, 0.6) is 17.2 Å². The van der Waals surface area contributed by atoms with Gasteiger partial charge in [0.2, 0.25) is 5.91 Å². The van der Waals surface area contributed by atoms with Crippen LogP contribution < -0.4 is 5.43 Å².